The highest BCUT2D eigenvalue weighted by atomic mass is 16.5. The van der Waals surface area contributed by atoms with Gasteiger partial charge in [-0.05, 0) is 62.0 Å². The van der Waals surface area contributed by atoms with Gasteiger partial charge in [0.1, 0.15) is 30.0 Å². The first-order valence-electron chi connectivity index (χ1n) is 15.7. The van der Waals surface area contributed by atoms with Crippen molar-refractivity contribution in [2.75, 3.05) is 20.6 Å². The van der Waals surface area contributed by atoms with Crippen LogP contribution in [-0.2, 0) is 19.2 Å². The minimum absolute atomic E-state index is 0.0876. The molecule has 0 aliphatic carbocycles. The molecule has 10 nitrogen and oxygen atoms in total. The van der Waals surface area contributed by atoms with E-state index in [-0.39, 0.29) is 42.0 Å². The van der Waals surface area contributed by atoms with Crippen molar-refractivity contribution in [2.45, 2.75) is 97.5 Å². The van der Waals surface area contributed by atoms with Crippen molar-refractivity contribution in [3.8, 4) is 5.75 Å². The topological polar surface area (TPSA) is 120 Å². The summed E-state index contributed by atoms with van der Waals surface area (Å²) in [5, 5.41) is 8.78. The predicted molar refractivity (Wildman–Crippen MR) is 168 cm³/mol. The van der Waals surface area contributed by atoms with Gasteiger partial charge in [0, 0.05) is 19.2 Å². The molecule has 0 saturated carbocycles. The number of ether oxygens (including phenoxy) is 1. The first kappa shape index (κ1) is 34.1. The summed E-state index contributed by atoms with van der Waals surface area (Å²) >= 11 is 0. The predicted octanol–water partition coefficient (Wildman–Crippen LogP) is 3.17. The second-order valence-corrected chi connectivity index (χ2v) is 12.7. The molecule has 3 aliphatic rings. The Hall–Kier alpha value is -3.40. The van der Waals surface area contributed by atoms with Crippen molar-refractivity contribution >= 4 is 29.7 Å². The molecule has 1 saturated heterocycles. The molecule has 0 spiro atoms. The van der Waals surface area contributed by atoms with Crippen LogP contribution < -0.4 is 20.7 Å². The highest BCUT2D eigenvalue weighted by molar-refractivity contribution is 5.96. The molecule has 0 radical (unpaired) electrons. The summed E-state index contributed by atoms with van der Waals surface area (Å²) in [7, 11) is 3.73. The lowest BCUT2D eigenvalue weighted by molar-refractivity contribution is -0.144. The second kappa shape index (κ2) is 15.4. The van der Waals surface area contributed by atoms with Crippen molar-refractivity contribution < 1.29 is 23.9 Å². The lowest BCUT2D eigenvalue weighted by Crippen LogP contribution is -2.60. The maximum absolute atomic E-state index is 14.3. The number of fused-ring (bicyclic) bond motifs is 7. The summed E-state index contributed by atoms with van der Waals surface area (Å²) < 4.78 is 6.32. The van der Waals surface area contributed by atoms with Crippen LogP contribution in [0.4, 0.5) is 0 Å². The van der Waals surface area contributed by atoms with Gasteiger partial charge in [-0.25, -0.2) is 0 Å². The van der Waals surface area contributed by atoms with E-state index < -0.39 is 36.2 Å². The summed E-state index contributed by atoms with van der Waals surface area (Å²) in [6, 6.07) is 4.38. The van der Waals surface area contributed by atoms with Gasteiger partial charge in [-0.15, -0.1) is 0 Å². The maximum Gasteiger partial charge on any atom is 0.247 e. The van der Waals surface area contributed by atoms with Crippen molar-refractivity contribution in [2.24, 2.45) is 17.8 Å². The van der Waals surface area contributed by atoms with Crippen LogP contribution in [0.5, 0.6) is 5.75 Å². The van der Waals surface area contributed by atoms with Crippen LogP contribution in [0.1, 0.15) is 72.8 Å². The molecule has 3 N–H and O–H groups in total. The second-order valence-electron chi connectivity index (χ2n) is 12.7. The molecule has 10 heteroatoms. The molecular formula is C33H51N5O5. The number of nitrogens with zero attached hydrogens (tertiary/aromatic N) is 2. The number of hydrogen-bond donors (Lipinski definition) is 3. The number of rotatable bonds is 10. The van der Waals surface area contributed by atoms with E-state index in [9.17, 15) is 19.2 Å². The SMILES string of the molecule is CCC(C)C1NC(=O)C2C(CCN2C(=O)C(CC(C)C)NC(=O)C(C(C)CC)N(C)C)Oc2ccc(cc2)C=CNC1=O. The lowest BCUT2D eigenvalue weighted by atomic mass is 9.95. The van der Waals surface area contributed by atoms with Crippen molar-refractivity contribution in [1.82, 2.24) is 25.8 Å². The standard InChI is InChI=1S/C33H51N5O5/c1-9-21(5)27-30(39)34-17-15-23-11-13-24(14-12-23)43-26-16-18-38(29(26)32(41)36-27)33(42)25(19-20(3)4)35-31(40)28(37(7)8)22(6)10-2/h11-15,17,20-22,25-29H,9-10,16,18-19H2,1-8H3,(H,34,39)(H,35,40)(H,36,41). The molecule has 238 valence electrons. The first-order chi connectivity index (χ1) is 20.4. The fourth-order valence-electron chi connectivity index (χ4n) is 5.90. The Balaban J connectivity index is 1.98. The number of benzene rings is 1. The minimum atomic E-state index is -0.976. The molecule has 7 unspecified atom stereocenters. The van der Waals surface area contributed by atoms with Crippen LogP contribution >= 0.6 is 0 Å². The average molecular weight is 598 g/mol. The van der Waals surface area contributed by atoms with E-state index in [4.69, 9.17) is 4.74 Å². The molecule has 43 heavy (non-hydrogen) atoms. The zero-order valence-electron chi connectivity index (χ0n) is 27.1. The lowest BCUT2D eigenvalue weighted by Gasteiger charge is -2.34. The van der Waals surface area contributed by atoms with Gasteiger partial charge in [-0.3, -0.25) is 24.1 Å². The molecule has 1 aromatic rings. The third kappa shape index (κ3) is 8.59. The van der Waals surface area contributed by atoms with Crippen LogP contribution in [0, 0.1) is 17.8 Å². The Morgan fingerprint density at radius 3 is 2.30 bits per heavy atom. The Morgan fingerprint density at radius 1 is 1.05 bits per heavy atom. The van der Waals surface area contributed by atoms with Crippen molar-refractivity contribution in [1.29, 1.82) is 0 Å². The van der Waals surface area contributed by atoms with Crippen LogP contribution in [-0.4, -0.2) is 84.3 Å². The summed E-state index contributed by atoms with van der Waals surface area (Å²) in [5.74, 6) is -0.660. The zero-order valence-corrected chi connectivity index (χ0v) is 27.1. The highest BCUT2D eigenvalue weighted by Crippen LogP contribution is 2.27. The fraction of sp³-hybridized carbons (Fsp3) is 0.636. The Morgan fingerprint density at radius 2 is 1.72 bits per heavy atom. The summed E-state index contributed by atoms with van der Waals surface area (Å²) in [6.07, 6.45) is 5.07. The maximum atomic E-state index is 14.3. The van der Waals surface area contributed by atoms with Gasteiger partial charge in [0.05, 0.1) is 6.04 Å². The van der Waals surface area contributed by atoms with Gasteiger partial charge in [0.2, 0.25) is 23.6 Å². The third-order valence-electron chi connectivity index (χ3n) is 8.69. The van der Waals surface area contributed by atoms with Gasteiger partial charge in [0.25, 0.3) is 0 Å². The average Bonchev–Trinajstić information content (AvgIpc) is 3.38. The molecule has 2 bridgehead atoms. The minimum Gasteiger partial charge on any atom is -0.488 e. The molecular weight excluding hydrogens is 546 g/mol. The first-order valence-corrected chi connectivity index (χ1v) is 15.7. The largest absolute Gasteiger partial charge is 0.488 e. The van der Waals surface area contributed by atoms with Gasteiger partial charge in [-0.1, -0.05) is 66.5 Å². The summed E-state index contributed by atoms with van der Waals surface area (Å²) in [5.41, 5.74) is 0.884. The number of likely N-dealkylation sites (N-methyl/N-ethyl adjacent to an activating group) is 1. The fourth-order valence-corrected chi connectivity index (χ4v) is 5.90. The molecule has 3 heterocycles. The Labute approximate surface area is 257 Å². The number of amides is 4. The van der Waals surface area contributed by atoms with E-state index in [1.807, 2.05) is 84.8 Å². The van der Waals surface area contributed by atoms with E-state index in [2.05, 4.69) is 16.0 Å². The summed E-state index contributed by atoms with van der Waals surface area (Å²) in [4.78, 5) is 58.4. The Bertz CT molecular complexity index is 1150. The van der Waals surface area contributed by atoms with E-state index in [0.29, 0.717) is 25.0 Å². The molecule has 7 atom stereocenters. The molecule has 4 amide bonds. The van der Waals surface area contributed by atoms with E-state index in [1.165, 1.54) is 4.90 Å². The van der Waals surface area contributed by atoms with Crippen LogP contribution in [0.15, 0.2) is 30.5 Å². The van der Waals surface area contributed by atoms with Crippen molar-refractivity contribution in [3.05, 3.63) is 36.0 Å². The van der Waals surface area contributed by atoms with E-state index in [1.54, 1.807) is 12.3 Å². The monoisotopic (exact) mass is 597 g/mol. The molecule has 1 aromatic carbocycles. The van der Waals surface area contributed by atoms with E-state index in [0.717, 1.165) is 12.0 Å². The van der Waals surface area contributed by atoms with Gasteiger partial charge in [0.15, 0.2) is 0 Å². The molecule has 0 aromatic heterocycles. The van der Waals surface area contributed by atoms with Crippen molar-refractivity contribution in [3.63, 3.8) is 0 Å². The highest BCUT2D eigenvalue weighted by Gasteiger charge is 2.47. The van der Waals surface area contributed by atoms with Crippen LogP contribution in [0.25, 0.3) is 6.08 Å². The molecule has 4 rings (SSSR count). The van der Waals surface area contributed by atoms with Gasteiger partial charge in [-0.2, -0.15) is 0 Å². The number of likely N-dealkylation sites (tertiary alicyclic amines) is 1. The number of carbonyl (C=O) groups is 4. The normalized spacial score (nSPS) is 23.5. The molecule has 1 fully saturated rings. The van der Waals surface area contributed by atoms with E-state index >= 15 is 0 Å². The zero-order chi connectivity index (χ0) is 31.8. The molecule has 3 aliphatic heterocycles. The smallest absolute Gasteiger partial charge is 0.247 e. The quantitative estimate of drug-likeness (QED) is 0.381. The Kier molecular flexibility index (Phi) is 12.2. The van der Waals surface area contributed by atoms with Gasteiger partial charge < -0.3 is 25.6 Å². The number of nitrogens with one attached hydrogen (secondary N) is 3. The summed E-state index contributed by atoms with van der Waals surface area (Å²) in [6.45, 7) is 12.2. The third-order valence-corrected chi connectivity index (χ3v) is 8.69. The van der Waals surface area contributed by atoms with Crippen LogP contribution in [0.3, 0.4) is 0 Å². The van der Waals surface area contributed by atoms with Crippen LogP contribution in [0.2, 0.25) is 0 Å². The number of hydrogen-bond acceptors (Lipinski definition) is 6. The number of carbonyl (C=O) groups excluding carboxylic acids is 4. The van der Waals surface area contributed by atoms with Gasteiger partial charge >= 0.3 is 0 Å².